The van der Waals surface area contributed by atoms with Crippen molar-refractivity contribution in [2.45, 2.75) is 78.6 Å². The zero-order valence-corrected chi connectivity index (χ0v) is 11.1. The highest BCUT2D eigenvalue weighted by atomic mass is 14.1. The summed E-state index contributed by atoms with van der Waals surface area (Å²) in [6.45, 7) is 6.87. The summed E-state index contributed by atoms with van der Waals surface area (Å²) in [5, 5.41) is 0. The van der Waals surface area contributed by atoms with E-state index in [0.29, 0.717) is 0 Å². The molecule has 0 aromatic heterocycles. The summed E-state index contributed by atoms with van der Waals surface area (Å²) in [6.07, 6.45) is 17.0. The third kappa shape index (κ3) is 10.0. The van der Waals surface area contributed by atoms with E-state index in [0.717, 1.165) is 5.92 Å². The molecule has 0 aliphatic heterocycles. The van der Waals surface area contributed by atoms with Crippen LogP contribution in [-0.4, -0.2) is 0 Å². The van der Waals surface area contributed by atoms with E-state index in [-0.39, 0.29) is 0 Å². The summed E-state index contributed by atoms with van der Waals surface area (Å²) in [4.78, 5) is 0. The van der Waals surface area contributed by atoms with Gasteiger partial charge in [0.2, 0.25) is 0 Å². The standard InChI is InChI=1S/C15H30/c1-4-7-9-10-12-14-15(6-3)13-11-8-5-2/h9-10,15H,4-8,11-14H2,1-3H3. The van der Waals surface area contributed by atoms with Crippen LogP contribution >= 0.6 is 0 Å². The van der Waals surface area contributed by atoms with Crippen LogP contribution in [0.25, 0.3) is 0 Å². The first-order valence-electron chi connectivity index (χ1n) is 7.00. The molecule has 0 aliphatic rings. The molecule has 0 heterocycles. The normalized spacial score (nSPS) is 13.5. The van der Waals surface area contributed by atoms with Crippen LogP contribution in [0.15, 0.2) is 12.2 Å². The van der Waals surface area contributed by atoms with E-state index in [1.54, 1.807) is 0 Å². The molecular weight excluding hydrogens is 180 g/mol. The van der Waals surface area contributed by atoms with Gasteiger partial charge in [-0.3, -0.25) is 0 Å². The molecule has 0 radical (unpaired) electrons. The van der Waals surface area contributed by atoms with E-state index in [2.05, 4.69) is 32.9 Å². The Morgan fingerprint density at radius 1 is 0.800 bits per heavy atom. The van der Waals surface area contributed by atoms with Crippen molar-refractivity contribution < 1.29 is 0 Å². The summed E-state index contributed by atoms with van der Waals surface area (Å²) in [7, 11) is 0. The molecule has 0 rings (SSSR count). The number of allylic oxidation sites excluding steroid dienone is 2. The van der Waals surface area contributed by atoms with Gasteiger partial charge in [0.15, 0.2) is 0 Å². The molecule has 0 heteroatoms. The minimum Gasteiger partial charge on any atom is -0.0885 e. The van der Waals surface area contributed by atoms with Gasteiger partial charge in [-0.1, -0.05) is 71.4 Å². The van der Waals surface area contributed by atoms with Crippen molar-refractivity contribution in [2.24, 2.45) is 5.92 Å². The average Bonchev–Trinajstić information content (AvgIpc) is 2.26. The van der Waals surface area contributed by atoms with Gasteiger partial charge in [-0.05, 0) is 25.2 Å². The molecule has 90 valence electrons. The Kier molecular flexibility index (Phi) is 11.6. The lowest BCUT2D eigenvalue weighted by Crippen LogP contribution is -1.98. The fourth-order valence-electron chi connectivity index (χ4n) is 1.97. The fraction of sp³-hybridized carbons (Fsp3) is 0.867. The van der Waals surface area contributed by atoms with Crippen molar-refractivity contribution in [3.8, 4) is 0 Å². The largest absolute Gasteiger partial charge is 0.0885 e. The Bertz CT molecular complexity index is 135. The highest BCUT2D eigenvalue weighted by Gasteiger charge is 2.03. The maximum absolute atomic E-state index is 2.38. The monoisotopic (exact) mass is 210 g/mol. The molecule has 0 aromatic carbocycles. The number of hydrogen-bond donors (Lipinski definition) is 0. The zero-order chi connectivity index (χ0) is 11.4. The second-order valence-electron chi connectivity index (χ2n) is 4.61. The number of unbranched alkanes of at least 4 members (excludes halogenated alkanes) is 3. The van der Waals surface area contributed by atoms with Crippen LogP contribution in [0.4, 0.5) is 0 Å². The summed E-state index contributed by atoms with van der Waals surface area (Å²) in [5.41, 5.74) is 0. The van der Waals surface area contributed by atoms with Gasteiger partial charge >= 0.3 is 0 Å². The first-order chi connectivity index (χ1) is 7.35. The van der Waals surface area contributed by atoms with Gasteiger partial charge in [0.05, 0.1) is 0 Å². The van der Waals surface area contributed by atoms with Crippen molar-refractivity contribution in [3.63, 3.8) is 0 Å². The van der Waals surface area contributed by atoms with Gasteiger partial charge in [-0.2, -0.15) is 0 Å². The Morgan fingerprint density at radius 2 is 1.53 bits per heavy atom. The molecule has 0 fully saturated rings. The van der Waals surface area contributed by atoms with Gasteiger partial charge < -0.3 is 0 Å². The lowest BCUT2D eigenvalue weighted by molar-refractivity contribution is 0.419. The lowest BCUT2D eigenvalue weighted by atomic mass is 9.94. The SMILES string of the molecule is CCCC=CCCC(CC)CCCCC. The minimum atomic E-state index is 0.975. The molecule has 1 atom stereocenters. The molecule has 0 amide bonds. The van der Waals surface area contributed by atoms with E-state index in [9.17, 15) is 0 Å². The summed E-state index contributed by atoms with van der Waals surface area (Å²) in [6, 6.07) is 0. The molecule has 0 nitrogen and oxygen atoms in total. The van der Waals surface area contributed by atoms with Crippen molar-refractivity contribution >= 4 is 0 Å². The van der Waals surface area contributed by atoms with Gasteiger partial charge in [-0.25, -0.2) is 0 Å². The van der Waals surface area contributed by atoms with Gasteiger partial charge in [0.1, 0.15) is 0 Å². The summed E-state index contributed by atoms with van der Waals surface area (Å²) < 4.78 is 0. The first-order valence-corrected chi connectivity index (χ1v) is 7.00. The van der Waals surface area contributed by atoms with Crippen LogP contribution in [0.3, 0.4) is 0 Å². The summed E-state index contributed by atoms with van der Waals surface area (Å²) >= 11 is 0. The van der Waals surface area contributed by atoms with E-state index >= 15 is 0 Å². The highest BCUT2D eigenvalue weighted by molar-refractivity contribution is 4.81. The topological polar surface area (TPSA) is 0 Å². The Labute approximate surface area is 97.2 Å². The van der Waals surface area contributed by atoms with E-state index in [1.807, 2.05) is 0 Å². The van der Waals surface area contributed by atoms with E-state index < -0.39 is 0 Å². The zero-order valence-electron chi connectivity index (χ0n) is 11.1. The molecule has 1 unspecified atom stereocenters. The predicted molar refractivity (Wildman–Crippen MR) is 71.2 cm³/mol. The van der Waals surface area contributed by atoms with E-state index in [1.165, 1.54) is 57.8 Å². The Balaban J connectivity index is 3.43. The van der Waals surface area contributed by atoms with Crippen molar-refractivity contribution in [2.75, 3.05) is 0 Å². The smallest absolute Gasteiger partial charge is 0.0348 e. The van der Waals surface area contributed by atoms with Crippen molar-refractivity contribution in [3.05, 3.63) is 12.2 Å². The highest BCUT2D eigenvalue weighted by Crippen LogP contribution is 2.19. The molecule has 0 saturated heterocycles. The van der Waals surface area contributed by atoms with Crippen LogP contribution in [0, 0.1) is 5.92 Å². The van der Waals surface area contributed by atoms with Crippen LogP contribution in [0.5, 0.6) is 0 Å². The molecule has 0 aliphatic carbocycles. The maximum Gasteiger partial charge on any atom is -0.0348 e. The van der Waals surface area contributed by atoms with Crippen LogP contribution in [0.1, 0.15) is 78.6 Å². The fourth-order valence-corrected chi connectivity index (χ4v) is 1.97. The Hall–Kier alpha value is -0.260. The minimum absolute atomic E-state index is 0.975. The molecule has 0 bridgehead atoms. The molecule has 0 aromatic rings. The average molecular weight is 210 g/mol. The first kappa shape index (κ1) is 14.7. The van der Waals surface area contributed by atoms with Gasteiger partial charge in [0.25, 0.3) is 0 Å². The van der Waals surface area contributed by atoms with E-state index in [4.69, 9.17) is 0 Å². The molecule has 0 saturated carbocycles. The van der Waals surface area contributed by atoms with Crippen LogP contribution < -0.4 is 0 Å². The number of rotatable bonds is 10. The molecule has 15 heavy (non-hydrogen) atoms. The van der Waals surface area contributed by atoms with Crippen LogP contribution in [0.2, 0.25) is 0 Å². The third-order valence-electron chi connectivity index (χ3n) is 3.16. The second kappa shape index (κ2) is 11.8. The third-order valence-corrected chi connectivity index (χ3v) is 3.16. The second-order valence-corrected chi connectivity index (χ2v) is 4.61. The molecular formula is C15H30. The molecule has 0 N–H and O–H groups in total. The van der Waals surface area contributed by atoms with Gasteiger partial charge in [0, 0.05) is 0 Å². The quantitative estimate of drug-likeness (QED) is 0.319. The van der Waals surface area contributed by atoms with Gasteiger partial charge in [-0.15, -0.1) is 0 Å². The predicted octanol–water partition coefficient (Wildman–Crippen LogP) is 5.73. The summed E-state index contributed by atoms with van der Waals surface area (Å²) in [5.74, 6) is 0.975. The van der Waals surface area contributed by atoms with Crippen LogP contribution in [-0.2, 0) is 0 Å². The molecule has 0 spiro atoms. The van der Waals surface area contributed by atoms with Crippen molar-refractivity contribution in [1.29, 1.82) is 0 Å². The maximum atomic E-state index is 2.38. The Morgan fingerprint density at radius 3 is 2.13 bits per heavy atom. The lowest BCUT2D eigenvalue weighted by Gasteiger charge is -2.12. The van der Waals surface area contributed by atoms with Crippen molar-refractivity contribution in [1.82, 2.24) is 0 Å². The number of hydrogen-bond acceptors (Lipinski definition) is 0.